The molecule has 4 rings (SSSR count). The molecule has 134 valence electrons. The van der Waals surface area contributed by atoms with Crippen LogP contribution in [0.2, 0.25) is 0 Å². The molecular weight excluding hydrogens is 328 g/mol. The van der Waals surface area contributed by atoms with Crippen LogP contribution < -0.4 is 0 Å². The van der Waals surface area contributed by atoms with Gasteiger partial charge >= 0.3 is 5.97 Å². The van der Waals surface area contributed by atoms with E-state index in [9.17, 15) is 15.0 Å². The van der Waals surface area contributed by atoms with Crippen molar-refractivity contribution >= 4 is 5.97 Å². The summed E-state index contributed by atoms with van der Waals surface area (Å²) in [6.07, 6.45) is 5.67. The lowest BCUT2D eigenvalue weighted by atomic mass is 9.83. The van der Waals surface area contributed by atoms with E-state index in [1.165, 1.54) is 37.7 Å². The summed E-state index contributed by atoms with van der Waals surface area (Å²) in [6, 6.07) is 16.2. The Morgan fingerprint density at radius 2 is 1.31 bits per heavy atom. The first kappa shape index (κ1) is 16.7. The zero-order valence-corrected chi connectivity index (χ0v) is 14.5. The number of benzene rings is 2. The zero-order valence-electron chi connectivity index (χ0n) is 14.5. The van der Waals surface area contributed by atoms with Gasteiger partial charge in [0.05, 0.1) is 0 Å². The minimum absolute atomic E-state index is 0.431. The van der Waals surface area contributed by atoms with Crippen molar-refractivity contribution in [2.24, 2.45) is 0 Å². The van der Waals surface area contributed by atoms with E-state index in [4.69, 9.17) is 4.74 Å². The summed E-state index contributed by atoms with van der Waals surface area (Å²) in [6.45, 7) is 0. The van der Waals surface area contributed by atoms with Gasteiger partial charge < -0.3 is 14.9 Å². The van der Waals surface area contributed by atoms with Gasteiger partial charge in [-0.05, 0) is 35.4 Å². The SMILES string of the molecule is O=C1OC(c2ccc(-c3ccc(C4CCCCC4)cc3)cc2)C(O)=C1O. The number of esters is 1. The first-order chi connectivity index (χ1) is 12.6. The summed E-state index contributed by atoms with van der Waals surface area (Å²) in [5, 5.41) is 19.2. The van der Waals surface area contributed by atoms with Crippen molar-refractivity contribution in [1.82, 2.24) is 0 Å². The fraction of sp³-hybridized carbons (Fsp3) is 0.318. The first-order valence-corrected chi connectivity index (χ1v) is 9.17. The molecule has 1 heterocycles. The highest BCUT2D eigenvalue weighted by Gasteiger charge is 2.35. The van der Waals surface area contributed by atoms with Crippen molar-refractivity contribution in [3.05, 3.63) is 71.2 Å². The number of rotatable bonds is 3. The third kappa shape index (κ3) is 3.07. The van der Waals surface area contributed by atoms with Crippen LogP contribution in [0.15, 0.2) is 60.0 Å². The molecule has 2 aromatic rings. The minimum atomic E-state index is -0.926. The van der Waals surface area contributed by atoms with Crippen molar-refractivity contribution in [2.75, 3.05) is 0 Å². The van der Waals surface area contributed by atoms with Gasteiger partial charge in [0.2, 0.25) is 5.76 Å². The normalized spacial score (nSPS) is 21.1. The van der Waals surface area contributed by atoms with Crippen LogP contribution in [-0.2, 0) is 9.53 Å². The molecule has 1 saturated carbocycles. The van der Waals surface area contributed by atoms with Crippen LogP contribution >= 0.6 is 0 Å². The highest BCUT2D eigenvalue weighted by atomic mass is 16.6. The topological polar surface area (TPSA) is 66.8 Å². The molecule has 1 atom stereocenters. The summed E-state index contributed by atoms with van der Waals surface area (Å²) >= 11 is 0. The number of carbonyl (C=O) groups is 1. The van der Waals surface area contributed by atoms with Gasteiger partial charge in [-0.15, -0.1) is 0 Å². The van der Waals surface area contributed by atoms with Gasteiger partial charge in [0.15, 0.2) is 11.9 Å². The fourth-order valence-corrected chi connectivity index (χ4v) is 3.91. The fourth-order valence-electron chi connectivity index (χ4n) is 3.91. The molecule has 4 heteroatoms. The minimum Gasteiger partial charge on any atom is -0.505 e. The molecule has 0 amide bonds. The molecule has 26 heavy (non-hydrogen) atoms. The molecule has 1 aliphatic carbocycles. The Morgan fingerprint density at radius 1 is 0.769 bits per heavy atom. The van der Waals surface area contributed by atoms with Crippen molar-refractivity contribution in [3.63, 3.8) is 0 Å². The molecule has 1 aliphatic heterocycles. The largest absolute Gasteiger partial charge is 0.505 e. The van der Waals surface area contributed by atoms with Gasteiger partial charge in [-0.1, -0.05) is 67.8 Å². The van der Waals surface area contributed by atoms with Crippen LogP contribution in [0.5, 0.6) is 0 Å². The molecular formula is C22H22O4. The van der Waals surface area contributed by atoms with Crippen LogP contribution in [0.1, 0.15) is 55.3 Å². The molecule has 0 radical (unpaired) electrons. The lowest BCUT2D eigenvalue weighted by molar-refractivity contribution is -0.142. The van der Waals surface area contributed by atoms with E-state index in [1.54, 1.807) is 12.1 Å². The van der Waals surface area contributed by atoms with Crippen LogP contribution in [0, 0.1) is 0 Å². The van der Waals surface area contributed by atoms with Crippen molar-refractivity contribution < 1.29 is 19.7 Å². The van der Waals surface area contributed by atoms with Crippen molar-refractivity contribution in [3.8, 4) is 11.1 Å². The Hall–Kier alpha value is -2.75. The maximum Gasteiger partial charge on any atom is 0.378 e. The third-order valence-electron chi connectivity index (χ3n) is 5.44. The molecule has 0 saturated heterocycles. The lowest BCUT2D eigenvalue weighted by Crippen LogP contribution is -2.04. The number of carbonyl (C=O) groups excluding carboxylic acids is 1. The molecule has 2 N–H and O–H groups in total. The number of aliphatic hydroxyl groups is 2. The number of cyclic esters (lactones) is 1. The van der Waals surface area contributed by atoms with Crippen LogP contribution in [0.4, 0.5) is 0 Å². The molecule has 0 spiro atoms. The van der Waals surface area contributed by atoms with E-state index in [0.717, 1.165) is 11.1 Å². The standard InChI is InChI=1S/C22H22O4/c23-19-20(24)22(25)26-21(19)18-12-10-17(11-13-18)16-8-6-15(7-9-16)14-4-2-1-3-5-14/h6-14,21,23-24H,1-5H2. The number of aliphatic hydroxyl groups excluding tert-OH is 2. The summed E-state index contributed by atoms with van der Waals surface area (Å²) in [5.41, 5.74) is 4.24. The molecule has 2 aromatic carbocycles. The molecule has 4 nitrogen and oxygen atoms in total. The Labute approximate surface area is 152 Å². The Morgan fingerprint density at radius 3 is 1.81 bits per heavy atom. The van der Waals surface area contributed by atoms with Gasteiger partial charge in [0.1, 0.15) is 0 Å². The summed E-state index contributed by atoms with van der Waals surface area (Å²) in [4.78, 5) is 11.3. The van der Waals surface area contributed by atoms with E-state index < -0.39 is 23.6 Å². The predicted molar refractivity (Wildman–Crippen MR) is 98.8 cm³/mol. The summed E-state index contributed by atoms with van der Waals surface area (Å²) < 4.78 is 4.99. The second-order valence-corrected chi connectivity index (χ2v) is 7.10. The van der Waals surface area contributed by atoms with Gasteiger partial charge in [-0.2, -0.15) is 0 Å². The van der Waals surface area contributed by atoms with Gasteiger partial charge in [-0.3, -0.25) is 0 Å². The monoisotopic (exact) mass is 350 g/mol. The van der Waals surface area contributed by atoms with E-state index in [2.05, 4.69) is 24.3 Å². The maximum atomic E-state index is 11.3. The summed E-state index contributed by atoms with van der Waals surface area (Å²) in [5.74, 6) is -1.34. The average molecular weight is 350 g/mol. The van der Waals surface area contributed by atoms with Crippen LogP contribution in [0.25, 0.3) is 11.1 Å². The highest BCUT2D eigenvalue weighted by molar-refractivity contribution is 5.89. The second-order valence-electron chi connectivity index (χ2n) is 7.10. The number of hydrogen-bond acceptors (Lipinski definition) is 4. The Bertz CT molecular complexity index is 827. The van der Waals surface area contributed by atoms with Gasteiger partial charge in [0.25, 0.3) is 0 Å². The molecule has 1 fully saturated rings. The first-order valence-electron chi connectivity index (χ1n) is 9.17. The van der Waals surface area contributed by atoms with Crippen molar-refractivity contribution in [2.45, 2.75) is 44.1 Å². The van der Waals surface area contributed by atoms with Crippen LogP contribution in [0.3, 0.4) is 0 Å². The number of ether oxygens (including phenoxy) is 1. The predicted octanol–water partition coefficient (Wildman–Crippen LogP) is 5.33. The maximum absolute atomic E-state index is 11.3. The zero-order chi connectivity index (χ0) is 18.1. The Balaban J connectivity index is 1.51. The average Bonchev–Trinajstić information content (AvgIpc) is 2.96. The van der Waals surface area contributed by atoms with Crippen molar-refractivity contribution in [1.29, 1.82) is 0 Å². The molecule has 0 aromatic heterocycles. The quantitative estimate of drug-likeness (QED) is 0.735. The van der Waals surface area contributed by atoms with Gasteiger partial charge in [0, 0.05) is 5.56 Å². The van der Waals surface area contributed by atoms with Gasteiger partial charge in [-0.25, -0.2) is 4.79 Å². The third-order valence-corrected chi connectivity index (χ3v) is 5.44. The lowest BCUT2D eigenvalue weighted by Gasteiger charge is -2.22. The van der Waals surface area contributed by atoms with Crippen LogP contribution in [-0.4, -0.2) is 16.2 Å². The van der Waals surface area contributed by atoms with E-state index in [1.807, 2.05) is 12.1 Å². The molecule has 0 bridgehead atoms. The highest BCUT2D eigenvalue weighted by Crippen LogP contribution is 2.35. The Kier molecular flexibility index (Phi) is 4.41. The molecule has 1 unspecified atom stereocenters. The molecule has 2 aliphatic rings. The summed E-state index contributed by atoms with van der Waals surface area (Å²) in [7, 11) is 0. The smallest absolute Gasteiger partial charge is 0.378 e. The number of hydrogen-bond donors (Lipinski definition) is 2. The second kappa shape index (κ2) is 6.87. The van der Waals surface area contributed by atoms with E-state index in [0.29, 0.717) is 11.5 Å². The van der Waals surface area contributed by atoms with E-state index in [-0.39, 0.29) is 0 Å². The van der Waals surface area contributed by atoms with E-state index >= 15 is 0 Å².